The van der Waals surface area contributed by atoms with Crippen molar-refractivity contribution in [3.63, 3.8) is 0 Å². The van der Waals surface area contributed by atoms with Gasteiger partial charge in [0.15, 0.2) is 0 Å². The molecule has 1 aliphatic carbocycles. The van der Waals surface area contributed by atoms with E-state index in [2.05, 4.69) is 5.16 Å². The van der Waals surface area contributed by atoms with Gasteiger partial charge in [-0.1, -0.05) is 59.8 Å². The molecule has 0 bridgehead atoms. The lowest BCUT2D eigenvalue weighted by molar-refractivity contribution is -0.137. The molecule has 158 valence electrons. The first kappa shape index (κ1) is 22.8. The van der Waals surface area contributed by atoms with Crippen molar-refractivity contribution >= 4 is 11.7 Å². The van der Waals surface area contributed by atoms with E-state index in [0.29, 0.717) is 37.8 Å². The number of hydrogen-bond acceptors (Lipinski definition) is 5. The summed E-state index contributed by atoms with van der Waals surface area (Å²) < 4.78 is 0. The number of benzene rings is 1. The Hall–Kier alpha value is -2.44. The van der Waals surface area contributed by atoms with Crippen LogP contribution in [0.25, 0.3) is 0 Å². The summed E-state index contributed by atoms with van der Waals surface area (Å²) in [4.78, 5) is 10.5. The van der Waals surface area contributed by atoms with Crippen LogP contribution in [-0.4, -0.2) is 44.4 Å². The SMILES string of the molecule is O=C(O)CCC/C=C\C[C@H]1C(O)C/C(=N/O)[C@@H]1/C=C/C(O)CCc1ccccc1. The number of aliphatic carboxylic acids is 1. The number of hydrogen-bond donors (Lipinski definition) is 4. The fourth-order valence-corrected chi connectivity index (χ4v) is 3.70. The summed E-state index contributed by atoms with van der Waals surface area (Å²) in [5, 5.41) is 41.9. The van der Waals surface area contributed by atoms with Gasteiger partial charge in [-0.3, -0.25) is 4.79 Å². The first-order valence-corrected chi connectivity index (χ1v) is 10.2. The lowest BCUT2D eigenvalue weighted by atomic mass is 9.89. The van der Waals surface area contributed by atoms with Gasteiger partial charge in [0.25, 0.3) is 0 Å². The number of unbranched alkanes of at least 4 members (excludes halogenated alkanes) is 1. The second kappa shape index (κ2) is 12.2. The van der Waals surface area contributed by atoms with E-state index >= 15 is 0 Å². The number of aliphatic hydroxyl groups is 2. The molecule has 1 aromatic rings. The fraction of sp³-hybridized carbons (Fsp3) is 0.478. The highest BCUT2D eigenvalue weighted by molar-refractivity contribution is 5.90. The molecule has 0 aliphatic heterocycles. The number of carbonyl (C=O) groups is 1. The molecule has 4 N–H and O–H groups in total. The minimum Gasteiger partial charge on any atom is -0.481 e. The van der Waals surface area contributed by atoms with Gasteiger partial charge in [0, 0.05) is 24.7 Å². The lowest BCUT2D eigenvalue weighted by Gasteiger charge is -2.18. The zero-order valence-electron chi connectivity index (χ0n) is 16.6. The zero-order chi connectivity index (χ0) is 21.1. The Balaban J connectivity index is 1.89. The van der Waals surface area contributed by atoms with Gasteiger partial charge in [-0.2, -0.15) is 0 Å². The third kappa shape index (κ3) is 7.83. The van der Waals surface area contributed by atoms with Crippen LogP contribution in [0.1, 0.15) is 44.1 Å². The van der Waals surface area contributed by atoms with E-state index in [-0.39, 0.29) is 18.3 Å². The first-order valence-electron chi connectivity index (χ1n) is 10.2. The van der Waals surface area contributed by atoms with E-state index in [1.807, 2.05) is 48.6 Å². The van der Waals surface area contributed by atoms with Crippen molar-refractivity contribution in [3.05, 3.63) is 60.2 Å². The van der Waals surface area contributed by atoms with Gasteiger partial charge in [-0.05, 0) is 37.7 Å². The minimum atomic E-state index is -0.801. The summed E-state index contributed by atoms with van der Waals surface area (Å²) in [5.74, 6) is -1.16. The molecule has 2 rings (SSSR count). The van der Waals surface area contributed by atoms with Crippen LogP contribution in [0.5, 0.6) is 0 Å². The summed E-state index contributed by atoms with van der Waals surface area (Å²) in [7, 11) is 0. The summed E-state index contributed by atoms with van der Waals surface area (Å²) in [6, 6.07) is 9.96. The Labute approximate surface area is 171 Å². The predicted molar refractivity (Wildman–Crippen MR) is 112 cm³/mol. The molecule has 1 aliphatic rings. The van der Waals surface area contributed by atoms with Crippen LogP contribution in [0.3, 0.4) is 0 Å². The van der Waals surface area contributed by atoms with Crippen molar-refractivity contribution in [2.24, 2.45) is 17.0 Å². The van der Waals surface area contributed by atoms with Crippen molar-refractivity contribution in [3.8, 4) is 0 Å². The Morgan fingerprint density at radius 3 is 2.69 bits per heavy atom. The number of allylic oxidation sites excluding steroid dienone is 3. The van der Waals surface area contributed by atoms with Gasteiger partial charge in [0.1, 0.15) is 0 Å². The number of aliphatic hydroxyl groups excluding tert-OH is 2. The van der Waals surface area contributed by atoms with Crippen LogP contribution >= 0.6 is 0 Å². The second-order valence-electron chi connectivity index (χ2n) is 7.52. The molecule has 1 aromatic carbocycles. The van der Waals surface area contributed by atoms with E-state index in [0.717, 1.165) is 6.42 Å². The molecule has 6 nitrogen and oxygen atoms in total. The minimum absolute atomic E-state index is 0.130. The highest BCUT2D eigenvalue weighted by atomic mass is 16.4. The quantitative estimate of drug-likeness (QED) is 0.196. The topological polar surface area (TPSA) is 110 Å². The summed E-state index contributed by atoms with van der Waals surface area (Å²) >= 11 is 0. The molecule has 2 unspecified atom stereocenters. The molecule has 0 heterocycles. The number of carboxylic acid groups (broad SMARTS) is 1. The molecule has 29 heavy (non-hydrogen) atoms. The highest BCUT2D eigenvalue weighted by Crippen LogP contribution is 2.34. The van der Waals surface area contributed by atoms with Crippen molar-refractivity contribution in [2.75, 3.05) is 0 Å². The largest absolute Gasteiger partial charge is 0.481 e. The molecule has 0 aromatic heterocycles. The van der Waals surface area contributed by atoms with Gasteiger partial charge >= 0.3 is 5.97 Å². The molecule has 0 radical (unpaired) electrons. The maximum absolute atomic E-state index is 10.5. The molecule has 4 atom stereocenters. The molecule has 0 amide bonds. The Kier molecular flexibility index (Phi) is 9.60. The molecule has 1 fully saturated rings. The predicted octanol–water partition coefficient (Wildman–Crippen LogP) is 3.56. The average Bonchev–Trinajstić information content (AvgIpc) is 3.02. The van der Waals surface area contributed by atoms with Gasteiger partial charge < -0.3 is 20.5 Å². The fourth-order valence-electron chi connectivity index (χ4n) is 3.70. The Morgan fingerprint density at radius 2 is 2.00 bits per heavy atom. The standard InChI is InChI=1S/C23H31NO5/c25-18(13-12-17-8-4-3-5-9-17)14-15-19-20(22(26)16-21(19)24-29)10-6-1-2-7-11-23(27)28/h1,3-6,8-9,14-15,18-20,22,25-26,29H,2,7,10-13,16H2,(H,27,28)/b6-1-,15-14+,24-21-/t18?,19-,20-,22?/m1/s1. The van der Waals surface area contributed by atoms with E-state index in [1.54, 1.807) is 6.08 Å². The van der Waals surface area contributed by atoms with Gasteiger partial charge in [0.05, 0.1) is 17.9 Å². The molecule has 0 spiro atoms. The third-order valence-electron chi connectivity index (χ3n) is 5.34. The number of oxime groups is 1. The van der Waals surface area contributed by atoms with Gasteiger partial charge in [-0.15, -0.1) is 0 Å². The van der Waals surface area contributed by atoms with Gasteiger partial charge in [0.2, 0.25) is 0 Å². The number of carboxylic acids is 1. The lowest BCUT2D eigenvalue weighted by Crippen LogP contribution is -2.19. The van der Waals surface area contributed by atoms with Crippen molar-refractivity contribution in [2.45, 2.75) is 57.2 Å². The van der Waals surface area contributed by atoms with Gasteiger partial charge in [-0.25, -0.2) is 0 Å². The first-order chi connectivity index (χ1) is 14.0. The van der Waals surface area contributed by atoms with Crippen molar-refractivity contribution < 1.29 is 25.3 Å². The molecular weight excluding hydrogens is 370 g/mol. The zero-order valence-corrected chi connectivity index (χ0v) is 16.6. The third-order valence-corrected chi connectivity index (χ3v) is 5.34. The van der Waals surface area contributed by atoms with E-state index in [4.69, 9.17) is 5.11 Å². The molecule has 0 saturated heterocycles. The Bertz CT molecular complexity index is 713. The summed E-state index contributed by atoms with van der Waals surface area (Å²) in [6.07, 6.45) is 9.88. The van der Waals surface area contributed by atoms with Crippen molar-refractivity contribution in [1.29, 1.82) is 0 Å². The number of aryl methyl sites for hydroxylation is 1. The van der Waals surface area contributed by atoms with Crippen LogP contribution in [0.4, 0.5) is 0 Å². The summed E-state index contributed by atoms with van der Waals surface area (Å²) in [5.41, 5.74) is 1.69. The van der Waals surface area contributed by atoms with E-state index in [9.17, 15) is 20.2 Å². The summed E-state index contributed by atoms with van der Waals surface area (Å²) in [6.45, 7) is 0. The van der Waals surface area contributed by atoms with Crippen LogP contribution in [0, 0.1) is 11.8 Å². The van der Waals surface area contributed by atoms with E-state index < -0.39 is 18.2 Å². The smallest absolute Gasteiger partial charge is 0.303 e. The maximum Gasteiger partial charge on any atom is 0.303 e. The second-order valence-corrected chi connectivity index (χ2v) is 7.52. The number of nitrogens with zero attached hydrogens (tertiary/aromatic N) is 1. The van der Waals surface area contributed by atoms with Crippen LogP contribution < -0.4 is 0 Å². The van der Waals surface area contributed by atoms with Crippen molar-refractivity contribution in [1.82, 2.24) is 0 Å². The normalized spacial score (nSPS) is 24.6. The number of rotatable bonds is 11. The van der Waals surface area contributed by atoms with Crippen LogP contribution in [0.15, 0.2) is 59.8 Å². The molecule has 6 heteroatoms. The maximum atomic E-state index is 10.5. The monoisotopic (exact) mass is 401 g/mol. The van der Waals surface area contributed by atoms with E-state index in [1.165, 1.54) is 5.56 Å². The van der Waals surface area contributed by atoms with Crippen LogP contribution in [-0.2, 0) is 11.2 Å². The average molecular weight is 402 g/mol. The molecule has 1 saturated carbocycles. The Morgan fingerprint density at radius 1 is 1.24 bits per heavy atom. The highest BCUT2D eigenvalue weighted by Gasteiger charge is 2.38. The molecular formula is C23H31NO5. The van der Waals surface area contributed by atoms with Crippen LogP contribution in [0.2, 0.25) is 0 Å².